The monoisotopic (exact) mass is 381 g/mol. The van der Waals surface area contributed by atoms with E-state index in [9.17, 15) is 0 Å². The van der Waals surface area contributed by atoms with Crippen molar-refractivity contribution in [2.45, 2.75) is 31.8 Å². The van der Waals surface area contributed by atoms with Crippen molar-refractivity contribution in [3.05, 3.63) is 0 Å². The van der Waals surface area contributed by atoms with Crippen LogP contribution in [0.3, 0.4) is 0 Å². The molecule has 1 saturated carbocycles. The van der Waals surface area contributed by atoms with Gasteiger partial charge in [0.25, 0.3) is 0 Å². The van der Waals surface area contributed by atoms with Crippen LogP contribution in [0.4, 0.5) is 0 Å². The van der Waals surface area contributed by atoms with E-state index in [0.717, 1.165) is 12.5 Å². The van der Waals surface area contributed by atoms with Gasteiger partial charge in [0.05, 0.1) is 0 Å². The first-order valence-electron chi connectivity index (χ1n) is 7.09. The average molecular weight is 381 g/mol. The lowest BCUT2D eigenvalue weighted by Gasteiger charge is -2.36. The molecular weight excluding hydrogens is 353 g/mol. The fourth-order valence-corrected chi connectivity index (χ4v) is 2.25. The van der Waals surface area contributed by atoms with E-state index in [4.69, 9.17) is 0 Å². The summed E-state index contributed by atoms with van der Waals surface area (Å²) in [7, 11) is 4.04. The molecule has 1 heterocycles. The van der Waals surface area contributed by atoms with Crippen LogP contribution in [0, 0.1) is 0 Å². The van der Waals surface area contributed by atoms with Crippen LogP contribution in [0.5, 0.6) is 0 Å². The van der Waals surface area contributed by atoms with E-state index in [2.05, 4.69) is 39.4 Å². The molecule has 19 heavy (non-hydrogen) atoms. The van der Waals surface area contributed by atoms with Gasteiger partial charge in [0.15, 0.2) is 5.96 Å². The third-order valence-corrected chi connectivity index (χ3v) is 3.87. The van der Waals surface area contributed by atoms with E-state index in [1.54, 1.807) is 0 Å². The molecule has 1 saturated heterocycles. The summed E-state index contributed by atoms with van der Waals surface area (Å²) in [5.74, 6) is 0.957. The predicted molar refractivity (Wildman–Crippen MR) is 91.5 cm³/mol. The minimum absolute atomic E-state index is 0. The Balaban J connectivity index is 0.00000180. The van der Waals surface area contributed by atoms with Crippen molar-refractivity contribution >= 4 is 29.9 Å². The van der Waals surface area contributed by atoms with Crippen molar-refractivity contribution in [1.29, 1.82) is 0 Å². The molecule has 1 aliphatic carbocycles. The second-order valence-electron chi connectivity index (χ2n) is 5.56. The molecule has 2 aliphatic rings. The van der Waals surface area contributed by atoms with E-state index < -0.39 is 0 Å². The van der Waals surface area contributed by atoms with Gasteiger partial charge < -0.3 is 15.5 Å². The van der Waals surface area contributed by atoms with Crippen molar-refractivity contribution in [1.82, 2.24) is 20.4 Å². The quantitative estimate of drug-likeness (QED) is 0.425. The fraction of sp³-hybridized carbons (Fsp3) is 0.923. The maximum absolute atomic E-state index is 4.27. The fourth-order valence-electron chi connectivity index (χ4n) is 2.25. The summed E-state index contributed by atoms with van der Waals surface area (Å²) < 4.78 is 0. The van der Waals surface area contributed by atoms with E-state index in [1.807, 2.05) is 7.05 Å². The molecule has 0 bridgehead atoms. The van der Waals surface area contributed by atoms with Crippen molar-refractivity contribution in [2.75, 3.05) is 46.8 Å². The van der Waals surface area contributed by atoms with E-state index in [0.29, 0.717) is 12.1 Å². The number of halogens is 1. The first kappa shape index (κ1) is 17.0. The molecule has 2 fully saturated rings. The van der Waals surface area contributed by atoms with Crippen LogP contribution in [0.25, 0.3) is 0 Å². The maximum Gasteiger partial charge on any atom is 0.191 e. The number of likely N-dealkylation sites (N-methyl/N-ethyl adjacent to an activating group) is 1. The van der Waals surface area contributed by atoms with Crippen LogP contribution in [0.15, 0.2) is 4.99 Å². The van der Waals surface area contributed by atoms with Crippen LogP contribution in [-0.4, -0.2) is 74.7 Å². The number of aliphatic imine (C=N–C) groups is 1. The summed E-state index contributed by atoms with van der Waals surface area (Å²) in [5.41, 5.74) is 0. The number of hydrogen-bond acceptors (Lipinski definition) is 3. The highest BCUT2D eigenvalue weighted by atomic mass is 127. The lowest BCUT2D eigenvalue weighted by Crippen LogP contribution is -2.52. The summed E-state index contributed by atoms with van der Waals surface area (Å²) in [5, 5.41) is 6.85. The zero-order valence-corrected chi connectivity index (χ0v) is 14.7. The first-order valence-corrected chi connectivity index (χ1v) is 7.09. The molecule has 2 N–H and O–H groups in total. The molecule has 0 amide bonds. The summed E-state index contributed by atoms with van der Waals surface area (Å²) >= 11 is 0. The second-order valence-corrected chi connectivity index (χ2v) is 5.56. The van der Waals surface area contributed by atoms with Gasteiger partial charge in [0.2, 0.25) is 0 Å². The SMILES string of the molecule is CN=C(NCC(C)N1CCN(C)CC1)NC1CC1.I. The summed E-state index contributed by atoms with van der Waals surface area (Å²) in [6.45, 7) is 7.97. The van der Waals surface area contributed by atoms with Gasteiger partial charge in [0.1, 0.15) is 0 Å². The Kier molecular flexibility index (Phi) is 7.38. The molecule has 0 aromatic rings. The molecule has 0 radical (unpaired) electrons. The molecule has 112 valence electrons. The molecule has 6 heteroatoms. The van der Waals surface area contributed by atoms with Gasteiger partial charge in [-0.1, -0.05) is 0 Å². The lowest BCUT2D eigenvalue weighted by atomic mass is 10.2. The highest BCUT2D eigenvalue weighted by Crippen LogP contribution is 2.18. The predicted octanol–water partition coefficient (Wildman–Crippen LogP) is 0.568. The minimum atomic E-state index is 0. The minimum Gasteiger partial charge on any atom is -0.355 e. The number of nitrogens with one attached hydrogen (secondary N) is 2. The molecular formula is C13H28IN5. The maximum atomic E-state index is 4.27. The van der Waals surface area contributed by atoms with Crippen molar-refractivity contribution in [3.63, 3.8) is 0 Å². The molecule has 1 atom stereocenters. The number of nitrogens with zero attached hydrogens (tertiary/aromatic N) is 3. The van der Waals surface area contributed by atoms with Crippen LogP contribution >= 0.6 is 24.0 Å². The smallest absolute Gasteiger partial charge is 0.191 e. The van der Waals surface area contributed by atoms with Gasteiger partial charge in [-0.15, -0.1) is 24.0 Å². The zero-order valence-electron chi connectivity index (χ0n) is 12.4. The van der Waals surface area contributed by atoms with Gasteiger partial charge >= 0.3 is 0 Å². The Hall–Kier alpha value is -0.0800. The Labute approximate surface area is 134 Å². The Morgan fingerprint density at radius 2 is 1.89 bits per heavy atom. The number of rotatable bonds is 4. The van der Waals surface area contributed by atoms with Gasteiger partial charge in [-0.25, -0.2) is 0 Å². The second kappa shape index (κ2) is 8.26. The van der Waals surface area contributed by atoms with Crippen molar-refractivity contribution in [2.24, 2.45) is 4.99 Å². The van der Waals surface area contributed by atoms with Crippen LogP contribution in [0.1, 0.15) is 19.8 Å². The van der Waals surface area contributed by atoms with Gasteiger partial charge in [0, 0.05) is 51.9 Å². The van der Waals surface area contributed by atoms with Crippen molar-refractivity contribution < 1.29 is 0 Å². The summed E-state index contributed by atoms with van der Waals surface area (Å²) in [4.78, 5) is 9.21. The van der Waals surface area contributed by atoms with E-state index in [1.165, 1.54) is 39.0 Å². The molecule has 1 unspecified atom stereocenters. The van der Waals surface area contributed by atoms with Crippen LogP contribution in [-0.2, 0) is 0 Å². The Morgan fingerprint density at radius 3 is 2.42 bits per heavy atom. The molecule has 0 aromatic heterocycles. The normalized spacial score (nSPS) is 23.6. The largest absolute Gasteiger partial charge is 0.355 e. The first-order chi connectivity index (χ1) is 8.69. The van der Waals surface area contributed by atoms with Crippen molar-refractivity contribution in [3.8, 4) is 0 Å². The Bertz CT molecular complexity index is 285. The van der Waals surface area contributed by atoms with E-state index >= 15 is 0 Å². The molecule has 0 spiro atoms. The highest BCUT2D eigenvalue weighted by molar-refractivity contribution is 14.0. The summed E-state index contributed by atoms with van der Waals surface area (Å²) in [6.07, 6.45) is 2.57. The molecule has 0 aromatic carbocycles. The third kappa shape index (κ3) is 5.83. The van der Waals surface area contributed by atoms with E-state index in [-0.39, 0.29) is 24.0 Å². The van der Waals surface area contributed by atoms with Gasteiger partial charge in [-0.05, 0) is 26.8 Å². The Morgan fingerprint density at radius 1 is 1.26 bits per heavy atom. The highest BCUT2D eigenvalue weighted by Gasteiger charge is 2.23. The topological polar surface area (TPSA) is 42.9 Å². The number of hydrogen-bond donors (Lipinski definition) is 2. The van der Waals surface area contributed by atoms with Crippen LogP contribution in [0.2, 0.25) is 0 Å². The standard InChI is InChI=1S/C13H27N5.HI/c1-11(18-8-6-17(3)7-9-18)10-15-13(14-2)16-12-4-5-12;/h11-12H,4-10H2,1-3H3,(H2,14,15,16);1H. The molecule has 5 nitrogen and oxygen atoms in total. The zero-order chi connectivity index (χ0) is 13.0. The lowest BCUT2D eigenvalue weighted by molar-refractivity contribution is 0.120. The molecule has 2 rings (SSSR count). The summed E-state index contributed by atoms with van der Waals surface area (Å²) in [6, 6.07) is 1.23. The van der Waals surface area contributed by atoms with Crippen LogP contribution < -0.4 is 10.6 Å². The average Bonchev–Trinajstić information content (AvgIpc) is 3.18. The number of guanidine groups is 1. The third-order valence-electron chi connectivity index (χ3n) is 3.87. The van der Waals surface area contributed by atoms with Gasteiger partial charge in [-0.2, -0.15) is 0 Å². The number of piperazine rings is 1. The van der Waals surface area contributed by atoms with Gasteiger partial charge in [-0.3, -0.25) is 9.89 Å². The molecule has 1 aliphatic heterocycles.